The van der Waals surface area contributed by atoms with Crippen molar-refractivity contribution in [2.75, 3.05) is 0 Å². The maximum atomic E-state index is 12.6. The van der Waals surface area contributed by atoms with Gasteiger partial charge in [-0.3, -0.25) is 0 Å². The van der Waals surface area contributed by atoms with E-state index >= 15 is 0 Å². The van der Waals surface area contributed by atoms with Crippen LogP contribution in [0.25, 0.3) is 11.1 Å². The summed E-state index contributed by atoms with van der Waals surface area (Å²) in [6.07, 6.45) is 5.96. The lowest BCUT2D eigenvalue weighted by Gasteiger charge is -2.44. The van der Waals surface area contributed by atoms with E-state index < -0.39 is 18.3 Å². The van der Waals surface area contributed by atoms with Gasteiger partial charge in [-0.05, 0) is 70.7 Å². The van der Waals surface area contributed by atoms with E-state index in [4.69, 9.17) is 0 Å². The quantitative estimate of drug-likeness (QED) is 0.251. The van der Waals surface area contributed by atoms with E-state index in [9.17, 15) is 8.42 Å². The summed E-state index contributed by atoms with van der Waals surface area (Å²) in [5, 5.41) is 0. The molecule has 176 valence electrons. The van der Waals surface area contributed by atoms with E-state index in [2.05, 4.69) is 74.7 Å². The number of nitrogens with zero attached hydrogens (tertiary/aromatic N) is 2. The zero-order valence-corrected chi connectivity index (χ0v) is 22.6. The van der Waals surface area contributed by atoms with Gasteiger partial charge in [0, 0.05) is 12.4 Å². The van der Waals surface area contributed by atoms with E-state index in [0.717, 1.165) is 22.3 Å². The van der Waals surface area contributed by atoms with Crippen LogP contribution in [0.1, 0.15) is 52.7 Å². The predicted octanol–water partition coefficient (Wildman–Crippen LogP) is 7.29. The van der Waals surface area contributed by atoms with E-state index in [-0.39, 0.29) is 4.90 Å². The summed E-state index contributed by atoms with van der Waals surface area (Å²) in [7, 11) is -5.53. The molecule has 0 aliphatic rings. The summed E-state index contributed by atoms with van der Waals surface area (Å²) in [5.74, 6) is 0. The van der Waals surface area contributed by atoms with Crippen molar-refractivity contribution in [2.24, 2.45) is 4.40 Å². The van der Waals surface area contributed by atoms with Crippen LogP contribution in [-0.2, 0) is 10.0 Å². The maximum absolute atomic E-state index is 12.6. The molecule has 0 aliphatic carbocycles. The molecule has 0 amide bonds. The number of sulfonamides is 1. The fourth-order valence-electron chi connectivity index (χ4n) is 5.40. The summed E-state index contributed by atoms with van der Waals surface area (Å²) < 4.78 is 31.6. The Labute approximate surface area is 200 Å². The molecule has 0 bridgehead atoms. The second-order valence-corrected chi connectivity index (χ2v) is 17.2. The lowest BCUT2D eigenvalue weighted by atomic mass is 10.1. The van der Waals surface area contributed by atoms with Gasteiger partial charge in [0.15, 0.2) is 8.24 Å². The van der Waals surface area contributed by atoms with Crippen molar-refractivity contribution in [1.82, 2.24) is 4.23 Å². The van der Waals surface area contributed by atoms with Gasteiger partial charge in [0.1, 0.15) is 0 Å². The zero-order valence-electron chi connectivity index (χ0n) is 20.8. The summed E-state index contributed by atoms with van der Waals surface area (Å²) in [6, 6.07) is 16.8. The molecule has 3 rings (SSSR count). The molecule has 2 aromatic carbocycles. The van der Waals surface area contributed by atoms with Crippen molar-refractivity contribution >= 4 is 24.5 Å². The maximum Gasteiger partial charge on any atom is 0.282 e. The molecule has 0 unspecified atom stereocenters. The van der Waals surface area contributed by atoms with Crippen molar-refractivity contribution in [3.63, 3.8) is 0 Å². The Balaban J connectivity index is 1.93. The molecule has 3 aromatic rings. The molecular weight excluding hydrogens is 444 g/mol. The number of benzene rings is 2. The van der Waals surface area contributed by atoms with Crippen LogP contribution >= 0.6 is 0 Å². The highest BCUT2D eigenvalue weighted by Crippen LogP contribution is 2.43. The monoisotopic (exact) mass is 480 g/mol. The summed E-state index contributed by atoms with van der Waals surface area (Å²) >= 11 is 0. The Bertz CT molecular complexity index is 1200. The minimum Gasteiger partial charge on any atom is -0.379 e. The molecule has 0 fully saturated rings. The number of rotatable bonds is 8. The molecule has 33 heavy (non-hydrogen) atoms. The van der Waals surface area contributed by atoms with Gasteiger partial charge in [0.2, 0.25) is 0 Å². The van der Waals surface area contributed by atoms with E-state index in [0.29, 0.717) is 16.6 Å². The van der Waals surface area contributed by atoms with Crippen LogP contribution in [0.15, 0.2) is 76.3 Å². The molecule has 0 aliphatic heterocycles. The van der Waals surface area contributed by atoms with E-state index in [1.165, 1.54) is 6.21 Å². The standard InChI is InChI=1S/C27H36N2O2SSi/c1-20(2)33(21(3)4,22(5)6)29-16-15-26(19-29)25-10-8-9-24(17-25)18-28-32(30,31)27-13-11-23(7)12-14-27/h8-22H,1-7H3. The van der Waals surface area contributed by atoms with Crippen molar-refractivity contribution < 1.29 is 8.42 Å². The largest absolute Gasteiger partial charge is 0.379 e. The lowest BCUT2D eigenvalue weighted by Crippen LogP contribution is -2.51. The first-order chi connectivity index (χ1) is 15.5. The van der Waals surface area contributed by atoms with Crippen LogP contribution in [-0.4, -0.2) is 27.1 Å². The summed E-state index contributed by atoms with van der Waals surface area (Å²) in [6.45, 7) is 16.1. The molecule has 6 heteroatoms. The molecule has 1 heterocycles. The lowest BCUT2D eigenvalue weighted by molar-refractivity contribution is 0.598. The van der Waals surface area contributed by atoms with Crippen molar-refractivity contribution in [2.45, 2.75) is 70.0 Å². The minimum atomic E-state index is -3.73. The van der Waals surface area contributed by atoms with Gasteiger partial charge in [0.05, 0.1) is 4.90 Å². The van der Waals surface area contributed by atoms with Gasteiger partial charge in [-0.1, -0.05) is 77.4 Å². The summed E-state index contributed by atoms with van der Waals surface area (Å²) in [5.41, 5.74) is 5.82. The molecule has 0 saturated carbocycles. The number of hydrogen-bond acceptors (Lipinski definition) is 2. The van der Waals surface area contributed by atoms with Crippen molar-refractivity contribution in [1.29, 1.82) is 0 Å². The van der Waals surface area contributed by atoms with Gasteiger partial charge in [0.25, 0.3) is 10.0 Å². The van der Waals surface area contributed by atoms with E-state index in [1.54, 1.807) is 24.3 Å². The highest BCUT2D eigenvalue weighted by Gasteiger charge is 2.44. The second-order valence-electron chi connectivity index (χ2n) is 9.81. The fourth-order valence-corrected chi connectivity index (χ4v) is 12.7. The van der Waals surface area contributed by atoms with Gasteiger partial charge in [-0.25, -0.2) is 0 Å². The Morgan fingerprint density at radius 1 is 0.848 bits per heavy atom. The second kappa shape index (κ2) is 9.81. The van der Waals surface area contributed by atoms with Crippen LogP contribution < -0.4 is 0 Å². The van der Waals surface area contributed by atoms with Gasteiger partial charge in [-0.2, -0.15) is 12.8 Å². The molecule has 0 radical (unpaired) electrons. The smallest absolute Gasteiger partial charge is 0.282 e. The predicted molar refractivity (Wildman–Crippen MR) is 142 cm³/mol. The Hall–Kier alpha value is -2.44. The molecule has 4 nitrogen and oxygen atoms in total. The highest BCUT2D eigenvalue weighted by atomic mass is 32.2. The average molecular weight is 481 g/mol. The normalized spacial score (nSPS) is 13.0. The first kappa shape index (κ1) is 25.2. The number of aromatic nitrogens is 1. The Morgan fingerprint density at radius 2 is 1.45 bits per heavy atom. The molecule has 0 atom stereocenters. The minimum absolute atomic E-state index is 0.204. The van der Waals surface area contributed by atoms with Crippen LogP contribution in [0.2, 0.25) is 16.6 Å². The van der Waals surface area contributed by atoms with Gasteiger partial charge in [-0.15, -0.1) is 0 Å². The van der Waals surface area contributed by atoms with Crippen LogP contribution in [0, 0.1) is 6.92 Å². The zero-order chi connectivity index (χ0) is 24.4. The van der Waals surface area contributed by atoms with Crippen LogP contribution in [0.5, 0.6) is 0 Å². The fraction of sp³-hybridized carbons (Fsp3) is 0.370. The third kappa shape index (κ3) is 5.07. The molecule has 0 saturated heterocycles. The molecule has 0 N–H and O–H groups in total. The van der Waals surface area contributed by atoms with Crippen LogP contribution in [0.3, 0.4) is 0 Å². The SMILES string of the molecule is Cc1ccc(S(=O)(=O)N=Cc2cccc(-c3ccn([Si](C(C)C)(C(C)C)C(C)C)c3)c2)cc1. The van der Waals surface area contributed by atoms with Crippen LogP contribution in [0.4, 0.5) is 0 Å². The Morgan fingerprint density at radius 3 is 2.03 bits per heavy atom. The third-order valence-electron chi connectivity index (χ3n) is 6.79. The average Bonchev–Trinajstić information content (AvgIpc) is 3.23. The van der Waals surface area contributed by atoms with Crippen molar-refractivity contribution in [3.05, 3.63) is 78.1 Å². The molecule has 1 aromatic heterocycles. The summed E-state index contributed by atoms with van der Waals surface area (Å²) in [4.78, 5) is 0.204. The van der Waals surface area contributed by atoms with Gasteiger partial charge >= 0.3 is 0 Å². The van der Waals surface area contributed by atoms with E-state index in [1.807, 2.05) is 25.1 Å². The third-order valence-corrected chi connectivity index (χ3v) is 14.8. The number of hydrogen-bond donors (Lipinski definition) is 0. The topological polar surface area (TPSA) is 51.4 Å². The number of aryl methyl sites for hydroxylation is 1. The first-order valence-corrected chi connectivity index (χ1v) is 15.3. The Kier molecular flexibility index (Phi) is 7.49. The molecular formula is C27H36N2O2SSi. The first-order valence-electron chi connectivity index (χ1n) is 11.6. The van der Waals surface area contributed by atoms with Gasteiger partial charge < -0.3 is 4.23 Å². The van der Waals surface area contributed by atoms with Crippen molar-refractivity contribution in [3.8, 4) is 11.1 Å². The highest BCUT2D eigenvalue weighted by molar-refractivity contribution is 7.90. The molecule has 0 spiro atoms.